The summed E-state index contributed by atoms with van der Waals surface area (Å²) in [6.07, 6.45) is 0.725. The molecule has 5 heteroatoms. The minimum Gasteiger partial charge on any atom is -0.384 e. The normalized spacial score (nSPS) is 11.4. The number of nitrogen functional groups attached to an aromatic ring is 1. The molecular weight excluding hydrogens is 334 g/mol. The van der Waals surface area contributed by atoms with Crippen LogP contribution in [0.25, 0.3) is 33.3 Å². The van der Waals surface area contributed by atoms with Crippen molar-refractivity contribution in [3.05, 3.63) is 77.6 Å². The number of aromatic nitrogens is 4. The van der Waals surface area contributed by atoms with Crippen molar-refractivity contribution in [1.82, 2.24) is 19.9 Å². The van der Waals surface area contributed by atoms with Crippen molar-refractivity contribution in [1.29, 1.82) is 0 Å². The van der Waals surface area contributed by atoms with Gasteiger partial charge in [0.15, 0.2) is 5.65 Å². The number of nitrogens with two attached hydrogens (primary N) is 1. The topological polar surface area (TPSA) is 83.4 Å². The van der Waals surface area contributed by atoms with Gasteiger partial charge in [0.1, 0.15) is 11.6 Å². The Bertz CT molecular complexity index is 1230. The lowest BCUT2D eigenvalue weighted by Gasteiger charge is -2.01. The second kappa shape index (κ2) is 5.99. The van der Waals surface area contributed by atoms with E-state index in [1.165, 1.54) is 11.1 Å². The third-order valence-corrected chi connectivity index (χ3v) is 4.84. The van der Waals surface area contributed by atoms with Gasteiger partial charge in [-0.15, -0.1) is 0 Å². The molecule has 5 rings (SSSR count). The first-order valence-electron chi connectivity index (χ1n) is 8.94. The van der Waals surface area contributed by atoms with Crippen molar-refractivity contribution in [3.63, 3.8) is 0 Å². The molecule has 0 unspecified atom stereocenters. The first kappa shape index (κ1) is 15.6. The minimum absolute atomic E-state index is 0.463. The Morgan fingerprint density at radius 1 is 0.926 bits per heavy atom. The molecule has 0 spiro atoms. The van der Waals surface area contributed by atoms with Crippen LogP contribution in [0.3, 0.4) is 0 Å². The Labute approximate surface area is 156 Å². The molecule has 0 saturated carbocycles. The molecule has 0 fully saturated rings. The standard InChI is InChI=1S/C22H19N5/c1-13-6-8-14(9-7-13)10-20-26-21-16(12-19(23)25-22(21)27-20)18-11-15-4-2-3-5-17(15)24-18/h2-9,11-12,24H,10H2,1H3,(H3,23,25,26,27). The molecule has 0 radical (unpaired) electrons. The number of nitrogens with one attached hydrogen (secondary N) is 2. The molecule has 2 aromatic carbocycles. The van der Waals surface area contributed by atoms with Crippen LogP contribution in [0.5, 0.6) is 0 Å². The van der Waals surface area contributed by atoms with Crippen molar-refractivity contribution in [2.24, 2.45) is 0 Å². The van der Waals surface area contributed by atoms with Crippen LogP contribution in [-0.4, -0.2) is 19.9 Å². The minimum atomic E-state index is 0.463. The first-order valence-corrected chi connectivity index (χ1v) is 8.94. The molecule has 132 valence electrons. The molecule has 5 nitrogen and oxygen atoms in total. The van der Waals surface area contributed by atoms with Gasteiger partial charge in [-0.1, -0.05) is 48.0 Å². The summed E-state index contributed by atoms with van der Waals surface area (Å²) in [5.74, 6) is 1.34. The maximum Gasteiger partial charge on any atom is 0.180 e. The van der Waals surface area contributed by atoms with E-state index in [1.807, 2.05) is 18.2 Å². The van der Waals surface area contributed by atoms with Crippen molar-refractivity contribution in [3.8, 4) is 11.3 Å². The Morgan fingerprint density at radius 2 is 1.74 bits per heavy atom. The van der Waals surface area contributed by atoms with E-state index in [-0.39, 0.29) is 0 Å². The Morgan fingerprint density at radius 3 is 2.56 bits per heavy atom. The molecule has 0 amide bonds. The van der Waals surface area contributed by atoms with Gasteiger partial charge in [-0.05, 0) is 30.7 Å². The number of fused-ring (bicyclic) bond motifs is 2. The maximum atomic E-state index is 6.06. The first-order chi connectivity index (χ1) is 13.2. The summed E-state index contributed by atoms with van der Waals surface area (Å²) in [5.41, 5.74) is 13.1. The Kier molecular flexibility index (Phi) is 3.47. The number of benzene rings is 2. The molecule has 0 aliphatic heterocycles. The van der Waals surface area contributed by atoms with Gasteiger partial charge >= 0.3 is 0 Å². The summed E-state index contributed by atoms with van der Waals surface area (Å²) < 4.78 is 0. The summed E-state index contributed by atoms with van der Waals surface area (Å²) in [7, 11) is 0. The summed E-state index contributed by atoms with van der Waals surface area (Å²) in [6, 6.07) is 20.7. The maximum absolute atomic E-state index is 6.06. The van der Waals surface area contributed by atoms with Gasteiger partial charge in [-0.2, -0.15) is 0 Å². The molecule has 0 atom stereocenters. The lowest BCUT2D eigenvalue weighted by Crippen LogP contribution is -1.92. The lowest BCUT2D eigenvalue weighted by molar-refractivity contribution is 1.03. The van der Waals surface area contributed by atoms with E-state index in [0.717, 1.165) is 39.9 Å². The number of aromatic amines is 2. The van der Waals surface area contributed by atoms with Crippen molar-refractivity contribution < 1.29 is 0 Å². The Hall–Kier alpha value is -3.60. The number of pyridine rings is 1. The molecule has 5 aromatic rings. The van der Waals surface area contributed by atoms with E-state index in [0.29, 0.717) is 11.5 Å². The molecule has 0 bridgehead atoms. The summed E-state index contributed by atoms with van der Waals surface area (Å²) in [5, 5.41) is 1.16. The fraction of sp³-hybridized carbons (Fsp3) is 0.0909. The fourth-order valence-electron chi connectivity index (χ4n) is 3.47. The zero-order valence-corrected chi connectivity index (χ0v) is 15.0. The lowest BCUT2D eigenvalue weighted by atomic mass is 10.1. The zero-order chi connectivity index (χ0) is 18.4. The SMILES string of the molecule is Cc1ccc(Cc2nc3nc(N)cc(-c4cc5ccccc5[nH]4)c3[nH]2)cc1. The molecule has 3 aromatic heterocycles. The van der Waals surface area contributed by atoms with Gasteiger partial charge < -0.3 is 15.7 Å². The van der Waals surface area contributed by atoms with Crippen molar-refractivity contribution in [2.45, 2.75) is 13.3 Å². The smallest absolute Gasteiger partial charge is 0.180 e. The van der Waals surface area contributed by atoms with Crippen LogP contribution >= 0.6 is 0 Å². The van der Waals surface area contributed by atoms with Crippen LogP contribution in [0.4, 0.5) is 5.82 Å². The van der Waals surface area contributed by atoms with E-state index in [4.69, 9.17) is 5.73 Å². The van der Waals surface area contributed by atoms with Gasteiger partial charge in [0.2, 0.25) is 0 Å². The monoisotopic (exact) mass is 353 g/mol. The summed E-state index contributed by atoms with van der Waals surface area (Å²) in [4.78, 5) is 16.0. The van der Waals surface area contributed by atoms with Crippen LogP contribution in [0.15, 0.2) is 60.7 Å². The van der Waals surface area contributed by atoms with Crippen LogP contribution < -0.4 is 5.73 Å². The van der Waals surface area contributed by atoms with Gasteiger partial charge in [0, 0.05) is 28.6 Å². The third kappa shape index (κ3) is 2.83. The number of hydrogen-bond donors (Lipinski definition) is 3. The predicted molar refractivity (Wildman–Crippen MR) is 110 cm³/mol. The highest BCUT2D eigenvalue weighted by Gasteiger charge is 2.14. The van der Waals surface area contributed by atoms with E-state index in [1.54, 1.807) is 0 Å². The molecular formula is C22H19N5. The zero-order valence-electron chi connectivity index (χ0n) is 15.0. The largest absolute Gasteiger partial charge is 0.384 e. The van der Waals surface area contributed by atoms with Crippen LogP contribution in [0, 0.1) is 6.92 Å². The van der Waals surface area contributed by atoms with Crippen LogP contribution in [0.1, 0.15) is 17.0 Å². The summed E-state index contributed by atoms with van der Waals surface area (Å²) in [6.45, 7) is 2.09. The quantitative estimate of drug-likeness (QED) is 0.444. The second-order valence-electron chi connectivity index (χ2n) is 6.91. The number of rotatable bonds is 3. The number of H-pyrrole nitrogens is 2. The van der Waals surface area contributed by atoms with E-state index >= 15 is 0 Å². The molecule has 27 heavy (non-hydrogen) atoms. The second-order valence-corrected chi connectivity index (χ2v) is 6.91. The third-order valence-electron chi connectivity index (χ3n) is 4.84. The molecule has 0 aliphatic carbocycles. The molecule has 3 heterocycles. The Balaban J connectivity index is 1.61. The van der Waals surface area contributed by atoms with E-state index in [9.17, 15) is 0 Å². The van der Waals surface area contributed by atoms with E-state index < -0.39 is 0 Å². The van der Waals surface area contributed by atoms with Gasteiger partial charge in [-0.3, -0.25) is 0 Å². The number of imidazole rings is 1. The molecule has 0 saturated heterocycles. The van der Waals surface area contributed by atoms with E-state index in [2.05, 4.69) is 69.3 Å². The average molecular weight is 353 g/mol. The highest BCUT2D eigenvalue weighted by Crippen LogP contribution is 2.30. The van der Waals surface area contributed by atoms with Crippen molar-refractivity contribution >= 4 is 27.9 Å². The highest BCUT2D eigenvalue weighted by molar-refractivity contribution is 5.95. The predicted octanol–water partition coefficient (Wildman–Crippen LogP) is 4.59. The number of aryl methyl sites for hydroxylation is 1. The van der Waals surface area contributed by atoms with Gasteiger partial charge in [0.05, 0.1) is 5.52 Å². The highest BCUT2D eigenvalue weighted by atomic mass is 15.0. The number of anilines is 1. The number of nitrogens with zero attached hydrogens (tertiary/aromatic N) is 2. The average Bonchev–Trinajstić information content (AvgIpc) is 3.26. The summed E-state index contributed by atoms with van der Waals surface area (Å²) >= 11 is 0. The van der Waals surface area contributed by atoms with Gasteiger partial charge in [0.25, 0.3) is 0 Å². The molecule has 0 aliphatic rings. The van der Waals surface area contributed by atoms with Crippen molar-refractivity contribution in [2.75, 3.05) is 5.73 Å². The number of hydrogen-bond acceptors (Lipinski definition) is 3. The molecule has 4 N–H and O–H groups in total. The number of para-hydroxylation sites is 1. The van der Waals surface area contributed by atoms with Crippen LogP contribution in [-0.2, 0) is 6.42 Å². The fourth-order valence-corrected chi connectivity index (χ4v) is 3.47. The van der Waals surface area contributed by atoms with Gasteiger partial charge in [-0.25, -0.2) is 9.97 Å². The van der Waals surface area contributed by atoms with Crippen LogP contribution in [0.2, 0.25) is 0 Å².